The van der Waals surface area contributed by atoms with Gasteiger partial charge in [-0.25, -0.2) is 28.7 Å². The molecule has 1 aromatic carbocycles. The molecule has 4 rings (SSSR count). The Morgan fingerprint density at radius 3 is 2.68 bits per heavy atom. The van der Waals surface area contributed by atoms with Crippen molar-refractivity contribution in [3.05, 3.63) is 36.7 Å². The molecule has 4 aromatic rings. The summed E-state index contributed by atoms with van der Waals surface area (Å²) in [4.78, 5) is 18.0. The van der Waals surface area contributed by atoms with E-state index in [2.05, 4.69) is 25.3 Å². The Kier molecular flexibility index (Phi) is 5.11. The fourth-order valence-electron chi connectivity index (χ4n) is 2.57. The molecule has 7 nitrogen and oxygen atoms in total. The Labute approximate surface area is 162 Å². The van der Waals surface area contributed by atoms with Gasteiger partial charge in [0.25, 0.3) is 0 Å². The fraction of sp³-hybridized carbons (Fsp3) is 0.222. The molecule has 0 fully saturated rings. The lowest BCUT2D eigenvalue weighted by Gasteiger charge is -2.13. The van der Waals surface area contributed by atoms with Crippen LogP contribution in [-0.2, 0) is 0 Å². The van der Waals surface area contributed by atoms with Gasteiger partial charge in [0.1, 0.15) is 41.6 Å². The van der Waals surface area contributed by atoms with Crippen LogP contribution in [0.5, 0.6) is 11.6 Å². The summed E-state index contributed by atoms with van der Waals surface area (Å²) in [5.74, 6) is 1.34. The minimum atomic E-state index is -1.14. The second kappa shape index (κ2) is 7.85. The van der Waals surface area contributed by atoms with Gasteiger partial charge in [0.2, 0.25) is 5.88 Å². The molecule has 144 valence electrons. The third-order valence-electron chi connectivity index (χ3n) is 3.92. The van der Waals surface area contributed by atoms with Crippen molar-refractivity contribution in [2.45, 2.75) is 6.10 Å². The minimum absolute atomic E-state index is 0.335. The van der Waals surface area contributed by atoms with E-state index in [1.807, 2.05) is 6.07 Å². The van der Waals surface area contributed by atoms with Gasteiger partial charge in [0, 0.05) is 11.5 Å². The highest BCUT2D eigenvalue weighted by molar-refractivity contribution is 7.21. The first-order valence-corrected chi connectivity index (χ1v) is 9.13. The van der Waals surface area contributed by atoms with E-state index < -0.39 is 19.5 Å². The van der Waals surface area contributed by atoms with Gasteiger partial charge in [-0.05, 0) is 24.3 Å². The van der Waals surface area contributed by atoms with Crippen molar-refractivity contribution in [1.29, 1.82) is 0 Å². The zero-order chi connectivity index (χ0) is 19.5. The van der Waals surface area contributed by atoms with E-state index in [1.165, 1.54) is 17.7 Å². The van der Waals surface area contributed by atoms with Crippen LogP contribution in [0.25, 0.3) is 21.3 Å². The number of ether oxygens (including phenoxy) is 2. The molecule has 0 spiro atoms. The third-order valence-corrected chi connectivity index (χ3v) is 4.80. The van der Waals surface area contributed by atoms with E-state index in [1.54, 1.807) is 31.4 Å². The third kappa shape index (κ3) is 3.63. The molecule has 0 aliphatic carbocycles. The van der Waals surface area contributed by atoms with Crippen LogP contribution in [0.15, 0.2) is 36.7 Å². The van der Waals surface area contributed by atoms with Crippen LogP contribution in [-0.4, -0.2) is 46.5 Å². The number of halogens is 2. The maximum Gasteiger partial charge on any atom is 0.214 e. The molecule has 0 amide bonds. The average Bonchev–Trinajstić information content (AvgIpc) is 3.13. The molecule has 0 unspecified atom stereocenters. The predicted octanol–water partition coefficient (Wildman–Crippen LogP) is 4.07. The molecule has 0 saturated heterocycles. The first-order chi connectivity index (χ1) is 13.7. The van der Waals surface area contributed by atoms with E-state index in [-0.39, 0.29) is 0 Å². The van der Waals surface area contributed by atoms with Crippen molar-refractivity contribution in [2.75, 3.05) is 25.8 Å². The van der Waals surface area contributed by atoms with E-state index in [0.717, 1.165) is 10.3 Å². The molecule has 0 aliphatic heterocycles. The average molecular weight is 403 g/mol. The standard InChI is InChI=1S/C18H15F2N5O2S/c1-26-15-5-4-14-17(24-15)28-18(23-14)25-16-12-6-10(27-11(7-19)8-20)2-3-13(12)21-9-22-16/h2-6,9,11H,7-8H2,1H3,(H,21,22,23,25). The highest BCUT2D eigenvalue weighted by Gasteiger charge is 2.13. The topological polar surface area (TPSA) is 82.0 Å². The summed E-state index contributed by atoms with van der Waals surface area (Å²) in [6, 6.07) is 8.52. The molecule has 0 saturated carbocycles. The SMILES string of the molecule is COc1ccc2nc(Nc3ncnc4ccc(OC(CF)CF)cc34)sc2n1. The van der Waals surface area contributed by atoms with Crippen LogP contribution in [0.1, 0.15) is 0 Å². The van der Waals surface area contributed by atoms with Gasteiger partial charge < -0.3 is 14.8 Å². The van der Waals surface area contributed by atoms with E-state index >= 15 is 0 Å². The van der Waals surface area contributed by atoms with Crippen LogP contribution in [0.3, 0.4) is 0 Å². The van der Waals surface area contributed by atoms with Gasteiger partial charge >= 0.3 is 0 Å². The number of hydrogen-bond donors (Lipinski definition) is 1. The Balaban J connectivity index is 1.67. The number of thiazole rings is 1. The Hall–Kier alpha value is -3.14. The Morgan fingerprint density at radius 2 is 1.89 bits per heavy atom. The number of pyridine rings is 1. The lowest BCUT2D eigenvalue weighted by atomic mass is 10.2. The maximum absolute atomic E-state index is 12.8. The van der Waals surface area contributed by atoms with Crippen LogP contribution in [0.2, 0.25) is 0 Å². The van der Waals surface area contributed by atoms with Crippen molar-refractivity contribution in [3.63, 3.8) is 0 Å². The first-order valence-electron chi connectivity index (χ1n) is 8.32. The van der Waals surface area contributed by atoms with Crippen molar-refractivity contribution in [2.24, 2.45) is 0 Å². The summed E-state index contributed by atoms with van der Waals surface area (Å²) in [5.41, 5.74) is 1.38. The van der Waals surface area contributed by atoms with E-state index in [0.29, 0.717) is 33.5 Å². The normalized spacial score (nSPS) is 11.3. The molecule has 0 atom stereocenters. The molecule has 1 N–H and O–H groups in total. The molecule has 10 heteroatoms. The number of hydrogen-bond acceptors (Lipinski definition) is 8. The van der Waals surface area contributed by atoms with Gasteiger partial charge in [0.15, 0.2) is 11.2 Å². The number of nitrogens with zero attached hydrogens (tertiary/aromatic N) is 4. The van der Waals surface area contributed by atoms with Gasteiger partial charge in [-0.1, -0.05) is 11.3 Å². The zero-order valence-electron chi connectivity index (χ0n) is 14.7. The molecule has 28 heavy (non-hydrogen) atoms. The largest absolute Gasteiger partial charge is 0.485 e. The molecule has 0 bridgehead atoms. The summed E-state index contributed by atoms with van der Waals surface area (Å²) in [5, 5.41) is 4.38. The maximum atomic E-state index is 12.8. The van der Waals surface area contributed by atoms with Crippen molar-refractivity contribution in [1.82, 2.24) is 19.9 Å². The van der Waals surface area contributed by atoms with Crippen molar-refractivity contribution in [3.8, 4) is 11.6 Å². The quantitative estimate of drug-likeness (QED) is 0.498. The Morgan fingerprint density at radius 1 is 1.07 bits per heavy atom. The van der Waals surface area contributed by atoms with Crippen molar-refractivity contribution >= 4 is 43.5 Å². The molecule has 3 heterocycles. The van der Waals surface area contributed by atoms with Crippen LogP contribution < -0.4 is 14.8 Å². The molecule has 0 radical (unpaired) electrons. The van der Waals surface area contributed by atoms with Crippen LogP contribution in [0.4, 0.5) is 19.7 Å². The van der Waals surface area contributed by atoms with E-state index in [9.17, 15) is 8.78 Å². The number of anilines is 2. The number of benzene rings is 1. The smallest absolute Gasteiger partial charge is 0.214 e. The van der Waals surface area contributed by atoms with Crippen LogP contribution >= 0.6 is 11.3 Å². The van der Waals surface area contributed by atoms with E-state index in [4.69, 9.17) is 9.47 Å². The number of aromatic nitrogens is 4. The summed E-state index contributed by atoms with van der Waals surface area (Å²) < 4.78 is 36.0. The molecule has 0 aliphatic rings. The van der Waals surface area contributed by atoms with Gasteiger partial charge in [0.05, 0.1) is 12.6 Å². The number of methoxy groups -OCH3 is 1. The first kappa shape index (κ1) is 18.2. The molecule has 3 aromatic heterocycles. The summed E-state index contributed by atoms with van der Waals surface area (Å²) in [6.45, 7) is -1.82. The summed E-state index contributed by atoms with van der Waals surface area (Å²) in [7, 11) is 1.55. The molecular weight excluding hydrogens is 388 g/mol. The Bertz CT molecular complexity index is 1120. The number of fused-ring (bicyclic) bond motifs is 2. The summed E-state index contributed by atoms with van der Waals surface area (Å²) >= 11 is 1.35. The van der Waals surface area contributed by atoms with Gasteiger partial charge in [-0.2, -0.15) is 0 Å². The molecular formula is C18H15F2N5O2S. The highest BCUT2D eigenvalue weighted by Crippen LogP contribution is 2.31. The lowest BCUT2D eigenvalue weighted by molar-refractivity contribution is 0.134. The zero-order valence-corrected chi connectivity index (χ0v) is 15.5. The second-order valence-corrected chi connectivity index (χ2v) is 6.75. The second-order valence-electron chi connectivity index (χ2n) is 5.77. The summed E-state index contributed by atoms with van der Waals surface area (Å²) in [6.07, 6.45) is 0.287. The van der Waals surface area contributed by atoms with Gasteiger partial charge in [-0.3, -0.25) is 0 Å². The number of rotatable bonds is 7. The predicted molar refractivity (Wildman–Crippen MR) is 103 cm³/mol. The number of alkyl halides is 2. The van der Waals surface area contributed by atoms with Gasteiger partial charge in [-0.15, -0.1) is 0 Å². The highest BCUT2D eigenvalue weighted by atomic mass is 32.1. The monoisotopic (exact) mass is 403 g/mol. The van der Waals surface area contributed by atoms with Crippen molar-refractivity contribution < 1.29 is 18.3 Å². The minimum Gasteiger partial charge on any atom is -0.485 e. The fourth-order valence-corrected chi connectivity index (χ4v) is 3.40. The van der Waals surface area contributed by atoms with Crippen LogP contribution in [0, 0.1) is 0 Å². The number of nitrogens with one attached hydrogen (secondary N) is 1. The lowest BCUT2D eigenvalue weighted by Crippen LogP contribution is -2.21.